The summed E-state index contributed by atoms with van der Waals surface area (Å²) >= 11 is 0. The van der Waals surface area contributed by atoms with E-state index in [1.54, 1.807) is 65.8 Å². The van der Waals surface area contributed by atoms with Crippen molar-refractivity contribution in [3.63, 3.8) is 0 Å². The van der Waals surface area contributed by atoms with Gasteiger partial charge in [0.05, 0.1) is 16.3 Å². The van der Waals surface area contributed by atoms with Gasteiger partial charge < -0.3 is 9.84 Å². The highest BCUT2D eigenvalue weighted by Gasteiger charge is 2.22. The first-order valence-corrected chi connectivity index (χ1v) is 13.6. The van der Waals surface area contributed by atoms with Crippen molar-refractivity contribution in [2.45, 2.75) is 66.9 Å². The number of nitrogens with zero attached hydrogens (tertiary/aromatic N) is 2. The average molecular weight is 544 g/mol. The number of rotatable bonds is 11. The van der Waals surface area contributed by atoms with Gasteiger partial charge in [-0.15, -0.1) is 5.11 Å². The molecule has 1 aromatic rings. The number of phenols is 1. The van der Waals surface area contributed by atoms with Crippen molar-refractivity contribution in [3.8, 4) is 5.75 Å². The Kier molecular flexibility index (Phi) is 12.1. The molecule has 0 aromatic heterocycles. The maximum Gasteiger partial charge on any atom is 0.342 e. The molecule has 0 bridgehead atoms. The Labute approximate surface area is 225 Å². The highest BCUT2D eigenvalue weighted by atomic mass is 32.2. The zero-order valence-corrected chi connectivity index (χ0v) is 23.8. The predicted octanol–water partition coefficient (Wildman–Crippen LogP) is 6.46. The topological polar surface area (TPSA) is 134 Å². The second kappa shape index (κ2) is 14.2. The van der Waals surface area contributed by atoms with Gasteiger partial charge in [-0.05, 0) is 77.3 Å². The lowest BCUT2D eigenvalue weighted by atomic mass is 10.1. The van der Waals surface area contributed by atoms with Crippen molar-refractivity contribution >= 4 is 27.6 Å². The summed E-state index contributed by atoms with van der Waals surface area (Å²) in [5.41, 5.74) is 0.593. The zero-order chi connectivity index (χ0) is 29.1. The van der Waals surface area contributed by atoms with Gasteiger partial charge in [0.2, 0.25) is 0 Å². The summed E-state index contributed by atoms with van der Waals surface area (Å²) in [5.74, 6) is -1.73. The van der Waals surface area contributed by atoms with Crippen LogP contribution in [0.25, 0.3) is 0 Å². The van der Waals surface area contributed by atoms with Crippen molar-refractivity contribution in [1.82, 2.24) is 4.72 Å². The molecule has 9 nitrogen and oxygen atoms in total. The largest absolute Gasteiger partial charge is 0.507 e. The molecule has 0 atom stereocenters. The number of esters is 1. The summed E-state index contributed by atoms with van der Waals surface area (Å²) in [6.45, 7) is 15.8. The van der Waals surface area contributed by atoms with E-state index in [1.807, 2.05) is 11.6 Å². The number of hydrogen-bond donors (Lipinski definition) is 2. The highest BCUT2D eigenvalue weighted by molar-refractivity contribution is 7.93. The minimum Gasteiger partial charge on any atom is -0.507 e. The number of ether oxygens (including phenoxy) is 1. The van der Waals surface area contributed by atoms with Crippen molar-refractivity contribution in [3.05, 3.63) is 82.5 Å². The maximum absolute atomic E-state index is 12.5. The van der Waals surface area contributed by atoms with E-state index >= 15 is 0 Å². The van der Waals surface area contributed by atoms with Crippen molar-refractivity contribution < 1.29 is 27.9 Å². The van der Waals surface area contributed by atoms with E-state index in [1.165, 1.54) is 18.2 Å². The molecule has 0 aliphatic heterocycles. The predicted molar refractivity (Wildman–Crippen MR) is 149 cm³/mol. The monoisotopic (exact) mass is 543 g/mol. The van der Waals surface area contributed by atoms with Crippen molar-refractivity contribution in [2.75, 3.05) is 0 Å². The molecule has 38 heavy (non-hydrogen) atoms. The third kappa shape index (κ3) is 9.93. The molecule has 0 heterocycles. The van der Waals surface area contributed by atoms with Crippen molar-refractivity contribution in [1.29, 1.82) is 0 Å². The molecule has 206 valence electrons. The number of amides is 1. The van der Waals surface area contributed by atoms with Crippen LogP contribution in [0.3, 0.4) is 0 Å². The Morgan fingerprint density at radius 3 is 2.34 bits per heavy atom. The molecule has 10 heteroatoms. The van der Waals surface area contributed by atoms with Gasteiger partial charge >= 0.3 is 5.97 Å². The van der Waals surface area contributed by atoms with Gasteiger partial charge in [0.15, 0.2) is 0 Å². The van der Waals surface area contributed by atoms with Gasteiger partial charge in [-0.3, -0.25) is 4.79 Å². The van der Waals surface area contributed by atoms with Crippen LogP contribution in [0, 0.1) is 6.92 Å². The highest BCUT2D eigenvalue weighted by Crippen LogP contribution is 2.30. The summed E-state index contributed by atoms with van der Waals surface area (Å²) in [5, 5.41) is 18.7. The fraction of sp³-hybridized carbons (Fsp3) is 0.357. The number of sulfonamides is 1. The summed E-state index contributed by atoms with van der Waals surface area (Å²) in [6.07, 6.45) is 9.58. The van der Waals surface area contributed by atoms with Gasteiger partial charge in [-0.1, -0.05) is 38.7 Å². The number of nitrogens with one attached hydrogen (secondary N) is 1. The second-order valence-electron chi connectivity index (χ2n) is 9.14. The van der Waals surface area contributed by atoms with Crippen LogP contribution in [-0.4, -0.2) is 31.0 Å². The molecule has 0 radical (unpaired) electrons. The molecule has 0 unspecified atom stereocenters. The number of azo groups is 1. The first-order valence-electron chi connectivity index (χ1n) is 12.1. The molecular weight excluding hydrogens is 506 g/mol. The fourth-order valence-electron chi connectivity index (χ4n) is 3.11. The minimum atomic E-state index is -3.94. The standard InChI is InChI=1S/C28H37N3O6S/c1-9-13-20(15-16-25(32)31-38(35,36)22(11-3)14-10-2)24(12-4)30-29-21-17-19(5)26(33)23(18-21)27(34)37-28(6,7)8/h9,12-18,33H,4,10-11H2,1-3,5-8H3,(H,31,32)/b13-9?,16-15+,22-14+,24-20-,30-29?. The first-order chi connectivity index (χ1) is 17.7. The molecule has 0 aliphatic carbocycles. The van der Waals surface area contributed by atoms with E-state index < -0.39 is 27.5 Å². The minimum absolute atomic E-state index is 0.0481. The zero-order valence-electron chi connectivity index (χ0n) is 23.0. The van der Waals surface area contributed by atoms with E-state index in [4.69, 9.17) is 4.74 Å². The lowest BCUT2D eigenvalue weighted by Gasteiger charge is -2.20. The second-order valence-corrected chi connectivity index (χ2v) is 10.9. The number of hydrogen-bond acceptors (Lipinski definition) is 8. The maximum atomic E-state index is 12.5. The third-order valence-electron chi connectivity index (χ3n) is 4.79. The summed E-state index contributed by atoms with van der Waals surface area (Å²) in [7, 11) is -3.94. The first kappa shape index (κ1) is 32.2. The Hall–Kier alpha value is -3.79. The van der Waals surface area contributed by atoms with E-state index in [0.717, 1.165) is 6.08 Å². The molecule has 0 saturated carbocycles. The molecular formula is C28H37N3O6S. The number of aromatic hydroxyl groups is 1. The fourth-order valence-corrected chi connectivity index (χ4v) is 4.34. The van der Waals surface area contributed by atoms with E-state index in [9.17, 15) is 23.1 Å². The lowest BCUT2D eigenvalue weighted by molar-refractivity contribution is -0.114. The molecule has 1 rings (SSSR count). The molecule has 2 N–H and O–H groups in total. The summed E-state index contributed by atoms with van der Waals surface area (Å²) in [6, 6.07) is 2.91. The van der Waals surface area contributed by atoms with Crippen LogP contribution < -0.4 is 4.72 Å². The van der Waals surface area contributed by atoms with E-state index in [-0.39, 0.29) is 34.0 Å². The van der Waals surface area contributed by atoms with Crippen molar-refractivity contribution in [2.24, 2.45) is 10.2 Å². The Balaban J connectivity index is 3.35. The molecule has 0 saturated heterocycles. The van der Waals surface area contributed by atoms with Crippen LogP contribution in [0.4, 0.5) is 5.69 Å². The molecule has 0 spiro atoms. The lowest BCUT2D eigenvalue weighted by Crippen LogP contribution is -2.30. The number of aryl methyl sites for hydroxylation is 1. The van der Waals surface area contributed by atoms with Crippen LogP contribution in [0.1, 0.15) is 70.3 Å². The van der Waals surface area contributed by atoms with Crippen LogP contribution in [0.15, 0.2) is 81.6 Å². The van der Waals surface area contributed by atoms with Crippen LogP contribution in [0.5, 0.6) is 5.75 Å². The van der Waals surface area contributed by atoms with Gasteiger partial charge in [0, 0.05) is 11.6 Å². The van der Waals surface area contributed by atoms with Gasteiger partial charge in [0.1, 0.15) is 16.9 Å². The van der Waals surface area contributed by atoms with Crippen LogP contribution in [-0.2, 0) is 19.6 Å². The average Bonchev–Trinajstić information content (AvgIpc) is 2.81. The molecule has 1 aromatic carbocycles. The number of allylic oxidation sites excluding steroid dienone is 7. The Bertz CT molecular complexity index is 1310. The Morgan fingerprint density at radius 1 is 1.16 bits per heavy atom. The molecule has 0 aliphatic rings. The third-order valence-corrected chi connectivity index (χ3v) is 6.40. The van der Waals surface area contributed by atoms with Gasteiger partial charge in [0.25, 0.3) is 15.9 Å². The normalized spacial score (nSPS) is 13.7. The summed E-state index contributed by atoms with van der Waals surface area (Å²) in [4.78, 5) is 25.0. The Morgan fingerprint density at radius 2 is 1.82 bits per heavy atom. The molecule has 0 fully saturated rings. The van der Waals surface area contributed by atoms with Crippen LogP contribution >= 0.6 is 0 Å². The SMILES string of the molecule is C=C/C(N=Nc1cc(C)c(O)c(C(=O)OC(C)(C)C)c1)=C(C=CC)/C=C/C(=O)NS(=O)(=O)/C(=C/CC)CC. The molecule has 1 amide bonds. The number of benzene rings is 1. The number of phenolic OH excluding ortho intramolecular Hbond substituents is 1. The summed E-state index contributed by atoms with van der Waals surface area (Å²) < 4.78 is 32.2. The smallest absolute Gasteiger partial charge is 0.342 e. The van der Waals surface area contributed by atoms with Gasteiger partial charge in [-0.25, -0.2) is 17.9 Å². The van der Waals surface area contributed by atoms with E-state index in [2.05, 4.69) is 16.8 Å². The number of carbonyl (C=O) groups is 2. The number of carbonyl (C=O) groups excluding carboxylic acids is 2. The van der Waals surface area contributed by atoms with Gasteiger partial charge in [-0.2, -0.15) is 5.11 Å². The van der Waals surface area contributed by atoms with E-state index in [0.29, 0.717) is 17.6 Å². The quantitative estimate of drug-likeness (QED) is 0.142. The van der Waals surface area contributed by atoms with Crippen LogP contribution in [0.2, 0.25) is 0 Å².